The van der Waals surface area contributed by atoms with Gasteiger partial charge in [-0.3, -0.25) is 9.97 Å². The van der Waals surface area contributed by atoms with E-state index in [-0.39, 0.29) is 5.41 Å². The number of carbonyl (C=O) groups is 1. The molecule has 0 radical (unpaired) electrons. The number of hydrogen-bond acceptors (Lipinski definition) is 6. The normalized spacial score (nSPS) is 16.0. The van der Waals surface area contributed by atoms with E-state index in [1.807, 2.05) is 64.1 Å². The minimum atomic E-state index is -1.16. The number of carboxylic acid groups (broad SMARTS) is 1. The molecule has 0 spiro atoms. The maximum atomic E-state index is 12.6. The minimum Gasteiger partial charge on any atom is -0.492 e. The number of aromatic nitrogens is 2. The van der Waals surface area contributed by atoms with Crippen LogP contribution in [0.25, 0.3) is 11.3 Å². The average Bonchev–Trinajstić information content (AvgIpc) is 2.87. The predicted molar refractivity (Wildman–Crippen MR) is 159 cm³/mol. The van der Waals surface area contributed by atoms with Crippen LogP contribution >= 0.6 is 11.6 Å². The van der Waals surface area contributed by atoms with E-state index in [1.54, 1.807) is 12.4 Å². The molecule has 0 saturated carbocycles. The third kappa shape index (κ3) is 7.52. The van der Waals surface area contributed by atoms with Crippen LogP contribution in [0.15, 0.2) is 48.8 Å². The van der Waals surface area contributed by atoms with Crippen LogP contribution in [0.1, 0.15) is 70.4 Å². The third-order valence-electron chi connectivity index (χ3n) is 7.24. The Morgan fingerprint density at radius 3 is 2.45 bits per heavy atom. The van der Waals surface area contributed by atoms with E-state index in [0.29, 0.717) is 34.3 Å². The van der Waals surface area contributed by atoms with Gasteiger partial charge in [-0.25, -0.2) is 4.79 Å². The van der Waals surface area contributed by atoms with E-state index in [9.17, 15) is 9.90 Å². The van der Waals surface area contributed by atoms with Gasteiger partial charge in [-0.2, -0.15) is 0 Å². The summed E-state index contributed by atoms with van der Waals surface area (Å²) in [5, 5.41) is 11.0. The largest absolute Gasteiger partial charge is 0.492 e. The lowest BCUT2D eigenvalue weighted by Gasteiger charge is -2.40. The van der Waals surface area contributed by atoms with Gasteiger partial charge < -0.3 is 19.5 Å². The standard InChI is InChI=1S/C32H40ClN3O4/c1-21-27(29(30(37)38)40-31(2,3)4)28(36-15-13-32(5,6)14-16-36)25(20-34-21)26-11-10-24(19-35-26)39-17-12-22-8-7-9-23(33)18-22/h7-11,18-20,29H,12-17H2,1-6H3,(H,37,38)/t29-/m0/s1. The Bertz CT molecular complexity index is 1320. The van der Waals surface area contributed by atoms with Gasteiger partial charge in [-0.1, -0.05) is 37.6 Å². The molecule has 8 heteroatoms. The molecule has 1 N–H and O–H groups in total. The summed E-state index contributed by atoms with van der Waals surface area (Å²) in [6.07, 6.45) is 5.07. The summed E-state index contributed by atoms with van der Waals surface area (Å²) >= 11 is 6.09. The highest BCUT2D eigenvalue weighted by Crippen LogP contribution is 2.43. The number of rotatable bonds is 9. The van der Waals surface area contributed by atoms with Gasteiger partial charge in [0.25, 0.3) is 0 Å². The first-order valence-electron chi connectivity index (χ1n) is 13.8. The van der Waals surface area contributed by atoms with Gasteiger partial charge in [0.15, 0.2) is 6.10 Å². The van der Waals surface area contributed by atoms with Crippen LogP contribution in [-0.2, 0) is 16.0 Å². The van der Waals surface area contributed by atoms with Crippen molar-refractivity contribution in [3.05, 3.63) is 70.6 Å². The fourth-order valence-corrected chi connectivity index (χ4v) is 5.19. The summed E-state index contributed by atoms with van der Waals surface area (Å²) in [6.45, 7) is 14.1. The molecule has 1 atom stereocenters. The van der Waals surface area contributed by atoms with Crippen LogP contribution in [0.4, 0.5) is 5.69 Å². The molecule has 1 fully saturated rings. The van der Waals surface area contributed by atoms with Gasteiger partial charge in [-0.05, 0) is 75.8 Å². The van der Waals surface area contributed by atoms with Crippen molar-refractivity contribution in [2.45, 2.75) is 72.5 Å². The maximum absolute atomic E-state index is 12.6. The number of pyridine rings is 2. The van der Waals surface area contributed by atoms with Gasteiger partial charge >= 0.3 is 5.97 Å². The molecule has 1 aliphatic heterocycles. The number of aryl methyl sites for hydroxylation is 1. The molecule has 40 heavy (non-hydrogen) atoms. The van der Waals surface area contributed by atoms with Gasteiger partial charge in [0.05, 0.1) is 29.8 Å². The number of ether oxygens (including phenoxy) is 2. The number of anilines is 1. The Morgan fingerprint density at radius 2 is 1.85 bits per heavy atom. The molecule has 0 aliphatic carbocycles. The molecule has 3 heterocycles. The molecule has 1 aromatic carbocycles. The Balaban J connectivity index is 1.67. The number of hydrogen-bond donors (Lipinski definition) is 1. The SMILES string of the molecule is Cc1ncc(-c2ccc(OCCc3cccc(Cl)c3)cn2)c(N2CCC(C)(C)CC2)c1[C@H](OC(C)(C)C)C(=O)O. The van der Waals surface area contributed by atoms with Crippen LogP contribution in [0.3, 0.4) is 0 Å². The summed E-state index contributed by atoms with van der Waals surface area (Å²) in [4.78, 5) is 24.2. The van der Waals surface area contributed by atoms with E-state index in [0.717, 1.165) is 49.2 Å². The average molecular weight is 566 g/mol. The summed E-state index contributed by atoms with van der Waals surface area (Å²) in [6, 6.07) is 11.5. The summed E-state index contributed by atoms with van der Waals surface area (Å²) < 4.78 is 12.1. The lowest BCUT2D eigenvalue weighted by Crippen LogP contribution is -2.39. The Hall–Kier alpha value is -3.16. The molecule has 7 nitrogen and oxygen atoms in total. The highest BCUT2D eigenvalue weighted by Gasteiger charge is 2.36. The first-order chi connectivity index (χ1) is 18.8. The number of benzene rings is 1. The van der Waals surface area contributed by atoms with E-state index in [4.69, 9.17) is 26.1 Å². The molecule has 4 rings (SSSR count). The van der Waals surface area contributed by atoms with Crippen molar-refractivity contribution < 1.29 is 19.4 Å². The molecule has 2 aromatic heterocycles. The number of aliphatic carboxylic acids is 1. The smallest absolute Gasteiger partial charge is 0.337 e. The van der Waals surface area contributed by atoms with Crippen molar-refractivity contribution in [1.29, 1.82) is 0 Å². The third-order valence-corrected chi connectivity index (χ3v) is 7.47. The molecular formula is C32H40ClN3O4. The lowest BCUT2D eigenvalue weighted by atomic mass is 9.82. The molecule has 0 bridgehead atoms. The van der Waals surface area contributed by atoms with Crippen LogP contribution in [-0.4, -0.2) is 46.3 Å². The zero-order chi connectivity index (χ0) is 29.1. The van der Waals surface area contributed by atoms with Crippen LogP contribution in [0.5, 0.6) is 5.75 Å². The number of piperidine rings is 1. The van der Waals surface area contributed by atoms with Gasteiger partial charge in [-0.15, -0.1) is 0 Å². The Labute approximate surface area is 242 Å². The Kier molecular flexibility index (Phi) is 9.06. The monoisotopic (exact) mass is 565 g/mol. The topological polar surface area (TPSA) is 84.8 Å². The highest BCUT2D eigenvalue weighted by atomic mass is 35.5. The second-order valence-corrected chi connectivity index (χ2v) is 12.7. The number of nitrogens with zero attached hydrogens (tertiary/aromatic N) is 3. The van der Waals surface area contributed by atoms with Crippen molar-refractivity contribution >= 4 is 23.3 Å². The van der Waals surface area contributed by atoms with Crippen molar-refractivity contribution in [2.75, 3.05) is 24.6 Å². The zero-order valence-corrected chi connectivity index (χ0v) is 25.1. The fraction of sp³-hybridized carbons (Fsp3) is 0.469. The highest BCUT2D eigenvalue weighted by molar-refractivity contribution is 6.30. The van der Waals surface area contributed by atoms with E-state index in [2.05, 4.69) is 23.7 Å². The van der Waals surface area contributed by atoms with Crippen LogP contribution < -0.4 is 9.64 Å². The van der Waals surface area contributed by atoms with Crippen molar-refractivity contribution in [3.63, 3.8) is 0 Å². The molecule has 1 aliphatic rings. The summed E-state index contributed by atoms with van der Waals surface area (Å²) in [7, 11) is 0. The fourth-order valence-electron chi connectivity index (χ4n) is 4.98. The second-order valence-electron chi connectivity index (χ2n) is 12.2. The van der Waals surface area contributed by atoms with Crippen molar-refractivity contribution in [2.24, 2.45) is 5.41 Å². The molecule has 1 saturated heterocycles. The molecule has 214 valence electrons. The summed E-state index contributed by atoms with van der Waals surface area (Å²) in [5.41, 5.74) is 4.23. The Morgan fingerprint density at radius 1 is 1.12 bits per heavy atom. The minimum absolute atomic E-state index is 0.231. The van der Waals surface area contributed by atoms with E-state index < -0.39 is 17.7 Å². The number of carboxylic acids is 1. The first kappa shape index (κ1) is 29.8. The lowest BCUT2D eigenvalue weighted by molar-refractivity contribution is -0.160. The zero-order valence-electron chi connectivity index (χ0n) is 24.3. The molecule has 0 amide bonds. The maximum Gasteiger partial charge on any atom is 0.337 e. The number of halogens is 1. The van der Waals surface area contributed by atoms with Crippen molar-refractivity contribution in [1.82, 2.24) is 9.97 Å². The van der Waals surface area contributed by atoms with Gasteiger partial charge in [0.2, 0.25) is 0 Å². The quantitative estimate of drug-likeness (QED) is 0.291. The first-order valence-corrected chi connectivity index (χ1v) is 14.2. The second kappa shape index (κ2) is 12.1. The van der Waals surface area contributed by atoms with Crippen molar-refractivity contribution in [3.8, 4) is 17.0 Å². The van der Waals surface area contributed by atoms with Crippen LogP contribution in [0.2, 0.25) is 5.02 Å². The molecule has 0 unspecified atom stereocenters. The molecule has 3 aromatic rings. The van der Waals surface area contributed by atoms with Gasteiger partial charge in [0, 0.05) is 47.6 Å². The molecular weight excluding hydrogens is 526 g/mol. The van der Waals surface area contributed by atoms with Gasteiger partial charge in [0.1, 0.15) is 5.75 Å². The summed E-state index contributed by atoms with van der Waals surface area (Å²) in [5.74, 6) is -0.376. The van der Waals surface area contributed by atoms with E-state index >= 15 is 0 Å². The van der Waals surface area contributed by atoms with E-state index in [1.165, 1.54) is 0 Å². The predicted octanol–water partition coefficient (Wildman–Crippen LogP) is 7.29. The van der Waals surface area contributed by atoms with Crippen LogP contribution in [0, 0.1) is 12.3 Å².